The van der Waals surface area contributed by atoms with Crippen molar-refractivity contribution in [2.45, 2.75) is 154 Å². The van der Waals surface area contributed by atoms with Crippen LogP contribution >= 0.6 is 0 Å². The first-order chi connectivity index (χ1) is 13.9. The van der Waals surface area contributed by atoms with Gasteiger partial charge in [0.2, 0.25) is 0 Å². The number of aliphatic hydroxyl groups is 1. The Hall–Kier alpha value is 0.870. The van der Waals surface area contributed by atoms with E-state index in [4.69, 9.17) is 0 Å². The Morgan fingerprint density at radius 1 is 0.600 bits per heavy atom. The summed E-state index contributed by atoms with van der Waals surface area (Å²) in [6.45, 7) is 4.36. The molecule has 0 fully saturated rings. The number of aliphatic hydroxyl groups excluding tert-OH is 1. The van der Waals surface area contributed by atoms with Gasteiger partial charge in [0.05, 0.1) is 16.2 Å². The van der Waals surface area contributed by atoms with Crippen LogP contribution in [0.3, 0.4) is 0 Å². The zero-order valence-electron chi connectivity index (χ0n) is 20.4. The van der Waals surface area contributed by atoms with Crippen molar-refractivity contribution in [3.05, 3.63) is 0 Å². The fraction of sp³-hybridized carbons (Fsp3) is 1.00. The second-order valence-electron chi connectivity index (χ2n) is 8.87. The summed E-state index contributed by atoms with van der Waals surface area (Å²) in [6.07, 6.45) is 20.8. The molecule has 176 valence electrons. The number of hydrogen-bond donors (Lipinski definition) is 1. The maximum atomic E-state index is 11.4. The van der Waals surface area contributed by atoms with E-state index in [9.17, 15) is 18.1 Å². The SMILES string of the molecule is CCCCCCCCCCCCCCC(O)CCC(CCCCCC)S(=O)(=O)[O-].[Na+]. The molecule has 0 rings (SSSR count). The van der Waals surface area contributed by atoms with E-state index in [1.807, 2.05) is 0 Å². The van der Waals surface area contributed by atoms with Crippen molar-refractivity contribution < 1.29 is 47.6 Å². The zero-order chi connectivity index (χ0) is 21.8. The molecule has 6 heteroatoms. The van der Waals surface area contributed by atoms with Crippen molar-refractivity contribution >= 4 is 10.1 Å². The maximum absolute atomic E-state index is 11.4. The van der Waals surface area contributed by atoms with Gasteiger partial charge in [0.25, 0.3) is 0 Å². The monoisotopic (exact) mass is 456 g/mol. The first-order valence-corrected chi connectivity index (χ1v) is 14.0. The van der Waals surface area contributed by atoms with Crippen molar-refractivity contribution in [2.75, 3.05) is 0 Å². The van der Waals surface area contributed by atoms with Gasteiger partial charge in [0.1, 0.15) is 0 Å². The van der Waals surface area contributed by atoms with Crippen molar-refractivity contribution in [3.63, 3.8) is 0 Å². The minimum atomic E-state index is -4.26. The summed E-state index contributed by atoms with van der Waals surface area (Å²) in [7, 11) is -4.26. The van der Waals surface area contributed by atoms with Crippen LogP contribution in [-0.2, 0) is 10.1 Å². The molecule has 0 amide bonds. The molecule has 0 saturated heterocycles. The Kier molecular flexibility index (Phi) is 25.4. The molecule has 0 aliphatic heterocycles. The van der Waals surface area contributed by atoms with Crippen LogP contribution in [0.4, 0.5) is 0 Å². The van der Waals surface area contributed by atoms with Gasteiger partial charge in [-0.15, -0.1) is 0 Å². The minimum Gasteiger partial charge on any atom is -0.748 e. The van der Waals surface area contributed by atoms with E-state index in [1.165, 1.54) is 64.2 Å². The molecule has 0 aromatic rings. The predicted molar refractivity (Wildman–Crippen MR) is 123 cm³/mol. The van der Waals surface area contributed by atoms with Crippen molar-refractivity contribution in [3.8, 4) is 0 Å². The molecule has 0 spiro atoms. The third-order valence-corrected chi connectivity index (χ3v) is 7.29. The van der Waals surface area contributed by atoms with E-state index in [0.29, 0.717) is 19.3 Å². The number of rotatable bonds is 22. The molecule has 0 aliphatic rings. The average molecular weight is 457 g/mol. The van der Waals surface area contributed by atoms with Gasteiger partial charge in [-0.2, -0.15) is 0 Å². The van der Waals surface area contributed by atoms with Gasteiger partial charge in [-0.25, -0.2) is 8.42 Å². The summed E-state index contributed by atoms with van der Waals surface area (Å²) in [6, 6.07) is 0. The summed E-state index contributed by atoms with van der Waals surface area (Å²) in [5.74, 6) is 0. The maximum Gasteiger partial charge on any atom is 1.00 e. The molecule has 2 unspecified atom stereocenters. The van der Waals surface area contributed by atoms with Gasteiger partial charge in [0, 0.05) is 5.25 Å². The summed E-state index contributed by atoms with van der Waals surface area (Å²) in [5, 5.41) is 9.31. The second-order valence-corrected chi connectivity index (χ2v) is 10.5. The van der Waals surface area contributed by atoms with Crippen molar-refractivity contribution in [1.82, 2.24) is 0 Å². The van der Waals surface area contributed by atoms with E-state index < -0.39 is 21.5 Å². The van der Waals surface area contributed by atoms with Gasteiger partial charge in [-0.1, -0.05) is 117 Å². The fourth-order valence-corrected chi connectivity index (χ4v) is 4.86. The molecule has 0 aromatic carbocycles. The Morgan fingerprint density at radius 2 is 0.967 bits per heavy atom. The van der Waals surface area contributed by atoms with Crippen LogP contribution in [-0.4, -0.2) is 29.4 Å². The summed E-state index contributed by atoms with van der Waals surface area (Å²) in [4.78, 5) is 0. The molecule has 0 bridgehead atoms. The van der Waals surface area contributed by atoms with Crippen LogP contribution in [0, 0.1) is 0 Å². The molecule has 0 saturated carbocycles. The van der Waals surface area contributed by atoms with Crippen LogP contribution in [0.5, 0.6) is 0 Å². The predicted octanol–water partition coefficient (Wildman–Crippen LogP) is 4.11. The number of hydrogen-bond acceptors (Lipinski definition) is 4. The summed E-state index contributed by atoms with van der Waals surface area (Å²) in [5.41, 5.74) is 0. The second kappa shape index (κ2) is 23.0. The zero-order valence-corrected chi connectivity index (χ0v) is 23.2. The Morgan fingerprint density at radius 3 is 1.40 bits per heavy atom. The third kappa shape index (κ3) is 22.1. The van der Waals surface area contributed by atoms with Crippen molar-refractivity contribution in [1.29, 1.82) is 0 Å². The Balaban J connectivity index is 0. The van der Waals surface area contributed by atoms with Crippen LogP contribution in [0.2, 0.25) is 0 Å². The molecule has 4 nitrogen and oxygen atoms in total. The summed E-state index contributed by atoms with van der Waals surface area (Å²) >= 11 is 0. The molecule has 2 atom stereocenters. The topological polar surface area (TPSA) is 77.4 Å². The molecule has 0 radical (unpaired) electrons. The van der Waals surface area contributed by atoms with E-state index >= 15 is 0 Å². The fourth-order valence-electron chi connectivity index (χ4n) is 3.98. The van der Waals surface area contributed by atoms with Gasteiger partial charge >= 0.3 is 29.6 Å². The first-order valence-electron chi connectivity index (χ1n) is 12.5. The molecule has 1 N–H and O–H groups in total. The average Bonchev–Trinajstić information content (AvgIpc) is 2.67. The van der Waals surface area contributed by atoms with Crippen LogP contribution < -0.4 is 29.6 Å². The largest absolute Gasteiger partial charge is 1.00 e. The number of unbranched alkanes of at least 4 members (excludes halogenated alkanes) is 14. The van der Waals surface area contributed by atoms with E-state index in [0.717, 1.165) is 44.9 Å². The van der Waals surface area contributed by atoms with Crippen LogP contribution in [0.1, 0.15) is 142 Å². The van der Waals surface area contributed by atoms with Gasteiger partial charge in [-0.05, 0) is 25.7 Å². The first kappa shape index (κ1) is 33.0. The van der Waals surface area contributed by atoms with E-state index in [-0.39, 0.29) is 29.6 Å². The molecule has 0 aromatic heterocycles. The normalized spacial score (nSPS) is 13.7. The molecule has 0 aliphatic carbocycles. The van der Waals surface area contributed by atoms with Gasteiger partial charge in [-0.3, -0.25) is 0 Å². The van der Waals surface area contributed by atoms with E-state index in [1.54, 1.807) is 0 Å². The Bertz CT molecular complexity index is 442. The molecule has 30 heavy (non-hydrogen) atoms. The van der Waals surface area contributed by atoms with E-state index in [2.05, 4.69) is 13.8 Å². The molecular weight excluding hydrogens is 407 g/mol. The standard InChI is InChI=1S/C24H50O4S.Na/c1-3-5-7-9-10-11-12-13-14-15-16-17-19-23(25)21-22-24(29(26,27)28)20-18-8-6-4-2;/h23-25H,3-22H2,1-2H3,(H,26,27,28);/q;+1/p-1. The third-order valence-electron chi connectivity index (χ3n) is 6.00. The minimum absolute atomic E-state index is 0. The molecular formula is C24H49NaO4S. The smallest absolute Gasteiger partial charge is 0.748 e. The quantitative estimate of drug-likeness (QED) is 0.151. The molecule has 0 heterocycles. The summed E-state index contributed by atoms with van der Waals surface area (Å²) < 4.78 is 34.3. The van der Waals surface area contributed by atoms with Crippen LogP contribution in [0.25, 0.3) is 0 Å². The van der Waals surface area contributed by atoms with Crippen molar-refractivity contribution in [2.24, 2.45) is 0 Å². The van der Waals surface area contributed by atoms with Crippen LogP contribution in [0.15, 0.2) is 0 Å². The Labute approximate surface area is 210 Å². The van der Waals surface area contributed by atoms with Gasteiger partial charge < -0.3 is 9.66 Å². The van der Waals surface area contributed by atoms with Gasteiger partial charge in [0.15, 0.2) is 0 Å².